The summed E-state index contributed by atoms with van der Waals surface area (Å²) >= 11 is 1.28. The highest BCUT2D eigenvalue weighted by Crippen LogP contribution is 2.27. The minimum atomic E-state index is -0.486. The van der Waals surface area contributed by atoms with E-state index >= 15 is 0 Å². The summed E-state index contributed by atoms with van der Waals surface area (Å²) in [5.74, 6) is 0.538. The second-order valence-corrected chi connectivity index (χ2v) is 8.94. The molecule has 33 heavy (non-hydrogen) atoms. The number of hydrogen-bond donors (Lipinski definition) is 0. The van der Waals surface area contributed by atoms with Crippen LogP contribution in [0, 0.1) is 0 Å². The van der Waals surface area contributed by atoms with Crippen LogP contribution in [-0.4, -0.2) is 28.7 Å². The van der Waals surface area contributed by atoms with Gasteiger partial charge in [0.25, 0.3) is 5.56 Å². The number of para-hydroxylation sites is 1. The van der Waals surface area contributed by atoms with Crippen LogP contribution in [0.5, 0.6) is 5.75 Å². The van der Waals surface area contributed by atoms with Gasteiger partial charge in [0.2, 0.25) is 5.91 Å². The number of carbonyl (C=O) groups is 1. The number of rotatable bonds is 5. The maximum Gasteiger partial charge on any atom is 0.332 e. The largest absolute Gasteiger partial charge is 0.497 e. The average molecular weight is 462 g/mol. The first-order valence-corrected chi connectivity index (χ1v) is 11.7. The molecule has 0 spiro atoms. The molecule has 1 amide bonds. The summed E-state index contributed by atoms with van der Waals surface area (Å²) in [5.41, 5.74) is 2.51. The van der Waals surface area contributed by atoms with Gasteiger partial charge in [0.1, 0.15) is 17.0 Å². The molecule has 0 bridgehead atoms. The number of aromatic nitrogens is 2. The fourth-order valence-electron chi connectivity index (χ4n) is 4.35. The third-order valence-electron chi connectivity index (χ3n) is 6.04. The van der Waals surface area contributed by atoms with Gasteiger partial charge >= 0.3 is 5.69 Å². The first kappa shape index (κ1) is 21.2. The summed E-state index contributed by atoms with van der Waals surface area (Å²) in [6.07, 6.45) is 1.81. The van der Waals surface area contributed by atoms with Crippen LogP contribution in [0.25, 0.3) is 10.2 Å². The van der Waals surface area contributed by atoms with Crippen LogP contribution in [0.3, 0.4) is 0 Å². The molecule has 0 unspecified atom stereocenters. The maximum absolute atomic E-state index is 13.4. The average Bonchev–Trinajstić information content (AvgIpc) is 3.34. The first-order chi connectivity index (χ1) is 16.1. The lowest BCUT2D eigenvalue weighted by atomic mass is 10.0. The number of carbonyl (C=O) groups excluding carboxylic acids is 1. The van der Waals surface area contributed by atoms with E-state index in [2.05, 4.69) is 0 Å². The van der Waals surface area contributed by atoms with Crippen LogP contribution in [0.1, 0.15) is 17.5 Å². The molecule has 2 aromatic carbocycles. The molecule has 0 radical (unpaired) electrons. The van der Waals surface area contributed by atoms with Crippen molar-refractivity contribution in [3.05, 3.63) is 91.9 Å². The van der Waals surface area contributed by atoms with E-state index in [1.54, 1.807) is 35.6 Å². The molecule has 0 N–H and O–H groups in total. The van der Waals surface area contributed by atoms with Gasteiger partial charge < -0.3 is 9.64 Å². The Morgan fingerprint density at radius 2 is 1.82 bits per heavy atom. The molecule has 1 aliphatic heterocycles. The highest BCUT2D eigenvalue weighted by molar-refractivity contribution is 7.17. The lowest BCUT2D eigenvalue weighted by molar-refractivity contribution is -0.119. The molecule has 1 aliphatic rings. The number of nitrogens with zero attached hydrogens (tertiary/aromatic N) is 3. The van der Waals surface area contributed by atoms with Crippen LogP contribution in [-0.2, 0) is 24.3 Å². The van der Waals surface area contributed by atoms with Gasteiger partial charge in [-0.3, -0.25) is 18.7 Å². The van der Waals surface area contributed by atoms with Crippen LogP contribution < -0.4 is 20.9 Å². The van der Waals surface area contributed by atoms with Crippen LogP contribution in [0.4, 0.5) is 5.69 Å². The van der Waals surface area contributed by atoms with Crippen LogP contribution in [0.15, 0.2) is 69.6 Å². The van der Waals surface area contributed by atoms with Crippen molar-refractivity contribution in [2.75, 3.05) is 18.6 Å². The van der Waals surface area contributed by atoms with Crippen molar-refractivity contribution in [3.63, 3.8) is 0 Å². The highest BCUT2D eigenvalue weighted by Gasteiger charge is 2.24. The smallest absolute Gasteiger partial charge is 0.332 e. The first-order valence-electron chi connectivity index (χ1n) is 10.8. The third-order valence-corrected chi connectivity index (χ3v) is 6.93. The van der Waals surface area contributed by atoms with E-state index in [1.807, 2.05) is 36.4 Å². The zero-order chi connectivity index (χ0) is 22.9. The standard InChI is InChI=1S/C25H23N3O4S/c1-32-19-10-8-17(9-11-19)15-28-24(30)23-21(12-14-33-23)27(25(28)31)16-22(29)26-13-4-6-18-5-2-3-7-20(18)26/h2-3,5,7-12,14H,4,6,13,15-16H2,1H3. The third kappa shape index (κ3) is 3.87. The summed E-state index contributed by atoms with van der Waals surface area (Å²) in [6, 6.07) is 16.8. The van der Waals surface area contributed by atoms with E-state index in [9.17, 15) is 14.4 Å². The molecule has 4 aromatic rings. The van der Waals surface area contributed by atoms with Gasteiger partial charge in [-0.25, -0.2) is 4.79 Å². The van der Waals surface area contributed by atoms with E-state index in [0.29, 0.717) is 22.5 Å². The number of aryl methyl sites for hydroxylation is 1. The number of hydrogen-bond acceptors (Lipinski definition) is 5. The lowest BCUT2D eigenvalue weighted by Gasteiger charge is -2.29. The van der Waals surface area contributed by atoms with Gasteiger partial charge in [-0.05, 0) is 53.6 Å². The summed E-state index contributed by atoms with van der Waals surface area (Å²) in [4.78, 5) is 41.6. The Morgan fingerprint density at radius 1 is 1.03 bits per heavy atom. The Bertz CT molecular complexity index is 1450. The minimum Gasteiger partial charge on any atom is -0.497 e. The molecule has 2 aromatic heterocycles. The molecular formula is C25H23N3O4S. The van der Waals surface area contributed by atoms with E-state index in [4.69, 9.17) is 4.74 Å². The predicted octanol–water partition coefficient (Wildman–Crippen LogP) is 3.26. The molecule has 0 saturated heterocycles. The van der Waals surface area contributed by atoms with Crippen molar-refractivity contribution in [1.82, 2.24) is 9.13 Å². The van der Waals surface area contributed by atoms with E-state index in [-0.39, 0.29) is 24.6 Å². The molecule has 0 fully saturated rings. The predicted molar refractivity (Wildman–Crippen MR) is 130 cm³/mol. The Morgan fingerprint density at radius 3 is 2.61 bits per heavy atom. The van der Waals surface area contributed by atoms with Gasteiger partial charge in [-0.15, -0.1) is 11.3 Å². The number of fused-ring (bicyclic) bond motifs is 2. The topological polar surface area (TPSA) is 73.5 Å². The number of ether oxygens (including phenoxy) is 1. The van der Waals surface area contributed by atoms with Gasteiger partial charge in [0.05, 0.1) is 19.2 Å². The summed E-state index contributed by atoms with van der Waals surface area (Å²) in [5, 5.41) is 1.78. The van der Waals surface area contributed by atoms with Crippen molar-refractivity contribution >= 4 is 33.1 Å². The quantitative estimate of drug-likeness (QED) is 0.457. The number of amides is 1. The van der Waals surface area contributed by atoms with Crippen molar-refractivity contribution in [1.29, 1.82) is 0 Å². The second-order valence-electron chi connectivity index (χ2n) is 8.02. The number of thiophene rings is 1. The monoisotopic (exact) mass is 461 g/mol. The summed E-state index contributed by atoms with van der Waals surface area (Å²) in [7, 11) is 1.58. The molecule has 8 heteroatoms. The molecule has 0 saturated carbocycles. The molecule has 3 heterocycles. The Hall–Kier alpha value is -3.65. The number of anilines is 1. The van der Waals surface area contributed by atoms with Crippen molar-refractivity contribution in [2.24, 2.45) is 0 Å². The number of methoxy groups -OCH3 is 1. The van der Waals surface area contributed by atoms with Crippen molar-refractivity contribution in [2.45, 2.75) is 25.9 Å². The summed E-state index contributed by atoms with van der Waals surface area (Å²) < 4.78 is 8.29. The van der Waals surface area contributed by atoms with Gasteiger partial charge in [-0.2, -0.15) is 0 Å². The van der Waals surface area contributed by atoms with Crippen LogP contribution in [0.2, 0.25) is 0 Å². The Kier molecular flexibility index (Phi) is 5.60. The Labute approximate surface area is 194 Å². The SMILES string of the molecule is COc1ccc(Cn2c(=O)c3sccc3n(CC(=O)N3CCCc4ccccc43)c2=O)cc1. The number of benzene rings is 2. The van der Waals surface area contributed by atoms with E-state index in [0.717, 1.165) is 29.7 Å². The van der Waals surface area contributed by atoms with Gasteiger partial charge in [0.15, 0.2) is 0 Å². The van der Waals surface area contributed by atoms with Crippen molar-refractivity contribution in [3.8, 4) is 5.75 Å². The van der Waals surface area contributed by atoms with Gasteiger partial charge in [-0.1, -0.05) is 30.3 Å². The Balaban J connectivity index is 1.53. The van der Waals surface area contributed by atoms with Gasteiger partial charge in [0, 0.05) is 12.2 Å². The van der Waals surface area contributed by atoms with E-state index < -0.39 is 5.69 Å². The second kappa shape index (κ2) is 8.71. The molecule has 168 valence electrons. The zero-order valence-corrected chi connectivity index (χ0v) is 19.0. The normalized spacial score (nSPS) is 13.2. The minimum absolute atomic E-state index is 0.121. The molecule has 0 aliphatic carbocycles. The van der Waals surface area contributed by atoms with Crippen molar-refractivity contribution < 1.29 is 9.53 Å². The molecular weight excluding hydrogens is 438 g/mol. The fourth-order valence-corrected chi connectivity index (χ4v) is 5.20. The van der Waals surface area contributed by atoms with Crippen LogP contribution >= 0.6 is 11.3 Å². The molecule has 7 nitrogen and oxygen atoms in total. The molecule has 5 rings (SSSR count). The molecule has 0 atom stereocenters. The zero-order valence-electron chi connectivity index (χ0n) is 18.2. The maximum atomic E-state index is 13.4. The van der Waals surface area contributed by atoms with E-state index in [1.165, 1.54) is 20.5 Å². The highest BCUT2D eigenvalue weighted by atomic mass is 32.1. The summed E-state index contributed by atoms with van der Waals surface area (Å²) in [6.45, 7) is 0.613. The fraction of sp³-hybridized carbons (Fsp3) is 0.240. The lowest BCUT2D eigenvalue weighted by Crippen LogP contribution is -2.44.